The van der Waals surface area contributed by atoms with Crippen molar-refractivity contribution in [2.24, 2.45) is 0 Å². The molecule has 0 saturated carbocycles. The van der Waals surface area contributed by atoms with Gasteiger partial charge in [0.05, 0.1) is 20.6 Å². The van der Waals surface area contributed by atoms with Crippen LogP contribution < -0.4 is 12.4 Å². The Hall–Kier alpha value is -2.25. The van der Waals surface area contributed by atoms with E-state index in [1.807, 2.05) is 0 Å². The monoisotopic (exact) mass is 716 g/mol. The largest absolute Gasteiger partial charge is 1.00 e. The summed E-state index contributed by atoms with van der Waals surface area (Å²) in [5.74, 6) is -61.3. The Bertz CT molecular complexity index is 1120. The summed E-state index contributed by atoms with van der Waals surface area (Å²) in [6.45, 7) is -0.413. The molecule has 0 bridgehead atoms. The van der Waals surface area contributed by atoms with Gasteiger partial charge in [0.25, 0.3) is 5.91 Å². The maximum absolute atomic E-state index is 14.5. The van der Waals surface area contributed by atoms with Gasteiger partial charge in [-0.1, -0.05) is 37.3 Å². The highest BCUT2D eigenvalue weighted by atomic mass is 35.5. The van der Waals surface area contributed by atoms with E-state index in [1.54, 1.807) is 44.4 Å². The van der Waals surface area contributed by atoms with E-state index in [0.29, 0.717) is 6.54 Å². The van der Waals surface area contributed by atoms with Crippen molar-refractivity contribution in [2.45, 2.75) is 73.9 Å². The van der Waals surface area contributed by atoms with Crippen LogP contribution in [0.25, 0.3) is 0 Å². The normalized spacial score (nSPS) is 14.7. The number of quaternary nitrogens is 1. The van der Waals surface area contributed by atoms with Gasteiger partial charge in [0, 0.05) is 25.1 Å². The molecule has 0 heterocycles. The van der Waals surface area contributed by atoms with Gasteiger partial charge in [-0.15, -0.1) is 0 Å². The molecule has 0 unspecified atom stereocenters. The average Bonchev–Trinajstić information content (AvgIpc) is 2.86. The topological polar surface area (TPSA) is 20.3 Å². The second-order valence-electron chi connectivity index (χ2n) is 10.5. The van der Waals surface area contributed by atoms with Crippen molar-refractivity contribution in [3.63, 3.8) is 0 Å². The molecular weight excluding hydrogens is 691 g/mol. The molecule has 0 radical (unpaired) electrons. The van der Waals surface area contributed by atoms with Crippen molar-refractivity contribution in [3.8, 4) is 0 Å². The lowest BCUT2D eigenvalue weighted by molar-refractivity contribution is -0.903. The molecule has 264 valence electrons. The van der Waals surface area contributed by atoms with E-state index >= 15 is 0 Å². The number of alkyl halides is 17. The number of carbonyl (C=O) groups excluding carboxylic acids is 1. The summed E-state index contributed by atoms with van der Waals surface area (Å²) in [6, 6.07) is 8.46. The molecule has 0 atom stereocenters. The third kappa shape index (κ3) is 7.51. The van der Waals surface area contributed by atoms with Crippen LogP contribution >= 0.6 is 0 Å². The van der Waals surface area contributed by atoms with E-state index in [0.717, 1.165) is 12.5 Å². The summed E-state index contributed by atoms with van der Waals surface area (Å²) in [6.07, 6.45) is -8.50. The predicted octanol–water partition coefficient (Wildman–Crippen LogP) is 4.91. The van der Waals surface area contributed by atoms with Gasteiger partial charge in [0.1, 0.15) is 6.54 Å². The van der Waals surface area contributed by atoms with E-state index in [2.05, 4.69) is 0 Å². The zero-order valence-electron chi connectivity index (χ0n) is 23.2. The third-order valence-corrected chi connectivity index (χ3v) is 6.42. The molecule has 0 N–H and O–H groups in total. The first kappa shape index (κ1) is 42.8. The van der Waals surface area contributed by atoms with Gasteiger partial charge in [0.2, 0.25) is 0 Å². The highest BCUT2D eigenvalue weighted by Crippen LogP contribution is 2.64. The second-order valence-corrected chi connectivity index (χ2v) is 10.5. The first-order chi connectivity index (χ1) is 19.4. The molecule has 45 heavy (non-hydrogen) atoms. The van der Waals surface area contributed by atoms with Crippen LogP contribution in [0.2, 0.25) is 0 Å². The minimum Gasteiger partial charge on any atom is -1.00 e. The molecule has 1 aromatic carbocycles. The number of hydrogen-bond acceptors (Lipinski definition) is 1. The van der Waals surface area contributed by atoms with Crippen LogP contribution in [-0.2, 0) is 11.3 Å². The van der Waals surface area contributed by atoms with Crippen molar-refractivity contribution in [1.82, 2.24) is 4.90 Å². The van der Waals surface area contributed by atoms with Crippen LogP contribution in [0.5, 0.6) is 0 Å². The molecule has 0 fully saturated rings. The number of carbonyl (C=O) groups is 1. The summed E-state index contributed by atoms with van der Waals surface area (Å²) >= 11 is 0. The summed E-state index contributed by atoms with van der Waals surface area (Å²) in [5, 5.41) is 0. The lowest BCUT2D eigenvalue weighted by Gasteiger charge is -2.43. The summed E-state index contributed by atoms with van der Waals surface area (Å²) in [4.78, 5) is 12.0. The molecule has 0 aromatic heterocycles. The Balaban J connectivity index is 0.0000194. The fourth-order valence-electron chi connectivity index (χ4n) is 3.93. The van der Waals surface area contributed by atoms with Crippen LogP contribution in [0.4, 0.5) is 74.6 Å². The Morgan fingerprint density at radius 1 is 0.644 bits per heavy atom. The highest BCUT2D eigenvalue weighted by Gasteiger charge is 2.95. The Morgan fingerprint density at radius 3 is 1.44 bits per heavy atom. The summed E-state index contributed by atoms with van der Waals surface area (Å²) in [7, 11) is 3.20. The number of rotatable bonds is 15. The Morgan fingerprint density at radius 2 is 1.04 bits per heavy atom. The number of halogens is 18. The minimum atomic E-state index is -8.74. The highest BCUT2D eigenvalue weighted by molar-refractivity contribution is 5.85. The Labute approximate surface area is 251 Å². The zero-order chi connectivity index (χ0) is 35.0. The van der Waals surface area contributed by atoms with Crippen LogP contribution in [0.15, 0.2) is 30.3 Å². The van der Waals surface area contributed by atoms with Crippen LogP contribution in [0.1, 0.15) is 25.3 Å². The van der Waals surface area contributed by atoms with Crippen LogP contribution in [0.3, 0.4) is 0 Å². The summed E-state index contributed by atoms with van der Waals surface area (Å²) < 4.78 is 231. The van der Waals surface area contributed by atoms with E-state index in [9.17, 15) is 79.4 Å². The first-order valence-corrected chi connectivity index (χ1v) is 12.3. The zero-order valence-corrected chi connectivity index (χ0v) is 24.0. The molecule has 0 spiro atoms. The second kappa shape index (κ2) is 13.5. The molecule has 21 heteroatoms. The Kier molecular flexibility index (Phi) is 12.8. The number of benzene rings is 1. The van der Waals surface area contributed by atoms with E-state index in [-0.39, 0.29) is 41.2 Å². The lowest BCUT2D eigenvalue weighted by atomic mass is 9.88. The van der Waals surface area contributed by atoms with Gasteiger partial charge in [-0.3, -0.25) is 4.79 Å². The van der Waals surface area contributed by atoms with Crippen molar-refractivity contribution in [3.05, 3.63) is 35.9 Å². The lowest BCUT2D eigenvalue weighted by Crippen LogP contribution is -3.00. The van der Waals surface area contributed by atoms with E-state index in [4.69, 9.17) is 0 Å². The molecule has 1 aromatic rings. The molecule has 0 aliphatic heterocycles. The third-order valence-electron chi connectivity index (χ3n) is 6.42. The smallest absolute Gasteiger partial charge is 0.460 e. The van der Waals surface area contributed by atoms with Crippen LogP contribution in [-0.4, -0.2) is 96.7 Å². The number of nitrogens with zero attached hydrogens (tertiary/aromatic N) is 2. The van der Waals surface area contributed by atoms with Crippen molar-refractivity contribution in [2.75, 3.05) is 33.7 Å². The molecule has 0 aliphatic carbocycles. The van der Waals surface area contributed by atoms with Gasteiger partial charge < -0.3 is 21.8 Å². The molecule has 0 aliphatic rings. The van der Waals surface area contributed by atoms with Gasteiger partial charge in [-0.2, -0.15) is 74.6 Å². The maximum atomic E-state index is 14.5. The van der Waals surface area contributed by atoms with E-state index < -0.39 is 66.6 Å². The van der Waals surface area contributed by atoms with Crippen LogP contribution in [0, 0.1) is 0 Å². The average molecular weight is 717 g/mol. The summed E-state index contributed by atoms with van der Waals surface area (Å²) in [5.41, 5.74) is 0.767. The maximum Gasteiger partial charge on any atom is 0.460 e. The number of hydrogen-bond donors (Lipinski definition) is 0. The van der Waals surface area contributed by atoms with Crippen molar-refractivity contribution < 1.29 is 96.3 Å². The minimum absolute atomic E-state index is 0. The SMILES string of the molecule is CCCN(CCC[N+](C)(C)Cc1ccccc1)C(=O)C(F)(F)C(F)(F)C(F)(F)C(F)(F)C(F)(F)C(F)(F)C(F)(F)C(F)(F)F.[Cl-]. The predicted molar refractivity (Wildman–Crippen MR) is 119 cm³/mol. The molecule has 0 saturated heterocycles. The molecule has 3 nitrogen and oxygen atoms in total. The molecule has 1 amide bonds. The van der Waals surface area contributed by atoms with Gasteiger partial charge in [-0.25, -0.2) is 0 Å². The van der Waals surface area contributed by atoms with Crippen molar-refractivity contribution >= 4 is 5.91 Å². The fraction of sp³-hybridized carbons (Fsp3) is 0.708. The molecular formula is C24H26ClF17N2O. The first-order valence-electron chi connectivity index (χ1n) is 12.3. The number of amides is 1. The quantitative estimate of drug-likeness (QED) is 0.187. The van der Waals surface area contributed by atoms with Gasteiger partial charge >= 0.3 is 47.6 Å². The van der Waals surface area contributed by atoms with Gasteiger partial charge in [-0.05, 0) is 6.42 Å². The molecule has 1 rings (SSSR count). The fourth-order valence-corrected chi connectivity index (χ4v) is 3.93. The standard InChI is InChI=1S/C24H26F17N2O.ClH/c1-4-11-42(12-8-13-43(2,3)14-15-9-6-5-7-10-15)16(44)17(25,26)18(27,28)19(29,30)20(31,32)21(33,34)22(35,36)23(37,38)24(39,40)41;/h5-7,9-10H,4,8,11-14H2,1-3H3;1H/q+1;/p-1. The van der Waals surface area contributed by atoms with Crippen molar-refractivity contribution in [1.29, 1.82) is 0 Å². The van der Waals surface area contributed by atoms with Gasteiger partial charge in [0.15, 0.2) is 0 Å². The van der Waals surface area contributed by atoms with E-state index in [1.165, 1.54) is 0 Å².